The number of aliphatic hydroxyl groups excluding tert-OH is 1. The van der Waals surface area contributed by atoms with Crippen LogP contribution in [0.15, 0.2) is 47.1 Å². The zero-order chi connectivity index (χ0) is 15.2. The van der Waals surface area contributed by atoms with Gasteiger partial charge in [-0.1, -0.05) is 0 Å². The zero-order valence-corrected chi connectivity index (χ0v) is 11.5. The van der Waals surface area contributed by atoms with Crippen LogP contribution in [-0.2, 0) is 4.79 Å². The summed E-state index contributed by atoms with van der Waals surface area (Å²) in [5.41, 5.74) is 1.06. The summed E-state index contributed by atoms with van der Waals surface area (Å²) in [6, 6.07) is 9.78. The molecule has 1 aromatic heterocycles. The van der Waals surface area contributed by atoms with E-state index in [2.05, 4.69) is 10.6 Å². The van der Waals surface area contributed by atoms with E-state index in [1.165, 1.54) is 13.2 Å². The minimum Gasteiger partial charge on any atom is -0.467 e. The molecule has 0 aliphatic rings. The van der Waals surface area contributed by atoms with Gasteiger partial charge in [0, 0.05) is 18.2 Å². The fourth-order valence-corrected chi connectivity index (χ4v) is 1.78. The maximum Gasteiger partial charge on any atom is 0.251 e. The van der Waals surface area contributed by atoms with E-state index < -0.39 is 6.10 Å². The van der Waals surface area contributed by atoms with Crippen LogP contribution in [-0.4, -0.2) is 23.5 Å². The first kappa shape index (κ1) is 14.8. The average molecular weight is 288 g/mol. The van der Waals surface area contributed by atoms with Crippen molar-refractivity contribution < 1.29 is 19.1 Å². The lowest BCUT2D eigenvalue weighted by molar-refractivity contribution is -0.114. The molecule has 1 aromatic carbocycles. The Balaban J connectivity index is 1.89. The third-order valence-corrected chi connectivity index (χ3v) is 2.80. The summed E-state index contributed by atoms with van der Waals surface area (Å²) in [5.74, 6) is -0.0833. The first-order valence-corrected chi connectivity index (χ1v) is 6.43. The van der Waals surface area contributed by atoms with E-state index in [1.54, 1.807) is 36.4 Å². The number of rotatable bonds is 5. The van der Waals surface area contributed by atoms with Crippen LogP contribution >= 0.6 is 0 Å². The molecule has 0 bridgehead atoms. The number of carbonyl (C=O) groups excluding carboxylic acids is 2. The Bertz CT molecular complexity index is 605. The topological polar surface area (TPSA) is 91.6 Å². The Hall–Kier alpha value is -2.60. The zero-order valence-electron chi connectivity index (χ0n) is 11.5. The molecule has 0 radical (unpaired) electrons. The second kappa shape index (κ2) is 6.71. The number of aliphatic hydroxyl groups is 1. The SMILES string of the molecule is CC(=O)Nc1ccc(C(=O)NCC(O)c2ccco2)cc1. The van der Waals surface area contributed by atoms with E-state index in [0.29, 0.717) is 17.0 Å². The lowest BCUT2D eigenvalue weighted by atomic mass is 10.2. The van der Waals surface area contributed by atoms with E-state index in [9.17, 15) is 14.7 Å². The van der Waals surface area contributed by atoms with E-state index in [0.717, 1.165) is 0 Å². The Morgan fingerprint density at radius 1 is 1.24 bits per heavy atom. The predicted molar refractivity (Wildman–Crippen MR) is 76.7 cm³/mol. The molecule has 1 atom stereocenters. The van der Waals surface area contributed by atoms with Gasteiger partial charge in [-0.25, -0.2) is 0 Å². The number of carbonyl (C=O) groups is 2. The first-order chi connectivity index (χ1) is 10.1. The van der Waals surface area contributed by atoms with Gasteiger partial charge in [0.25, 0.3) is 5.91 Å². The molecular weight excluding hydrogens is 272 g/mol. The molecular formula is C15H16N2O4. The molecule has 110 valence electrons. The fraction of sp³-hybridized carbons (Fsp3) is 0.200. The van der Waals surface area contributed by atoms with E-state index in [1.807, 2.05) is 0 Å². The molecule has 6 heteroatoms. The second-order valence-electron chi connectivity index (χ2n) is 4.50. The Morgan fingerprint density at radius 2 is 1.95 bits per heavy atom. The Kier molecular flexibility index (Phi) is 4.73. The molecule has 0 fully saturated rings. The number of hydrogen-bond acceptors (Lipinski definition) is 4. The standard InChI is InChI=1S/C15H16N2O4/c1-10(18)17-12-6-4-11(5-7-12)15(20)16-9-13(19)14-3-2-8-21-14/h2-8,13,19H,9H2,1H3,(H,16,20)(H,17,18). The Labute approximate surface area is 121 Å². The van der Waals surface area contributed by atoms with Crippen molar-refractivity contribution in [2.75, 3.05) is 11.9 Å². The molecule has 6 nitrogen and oxygen atoms in total. The van der Waals surface area contributed by atoms with Gasteiger partial charge in [0.1, 0.15) is 11.9 Å². The monoisotopic (exact) mass is 288 g/mol. The minimum absolute atomic E-state index is 0.0554. The van der Waals surface area contributed by atoms with Crippen LogP contribution in [0.2, 0.25) is 0 Å². The lowest BCUT2D eigenvalue weighted by Gasteiger charge is -2.10. The van der Waals surface area contributed by atoms with Crippen molar-refractivity contribution in [3.8, 4) is 0 Å². The van der Waals surface area contributed by atoms with Crippen molar-refractivity contribution in [1.29, 1.82) is 0 Å². The molecule has 0 spiro atoms. The highest BCUT2D eigenvalue weighted by atomic mass is 16.4. The number of furan rings is 1. The molecule has 0 saturated carbocycles. The summed E-state index contributed by atoms with van der Waals surface area (Å²) >= 11 is 0. The first-order valence-electron chi connectivity index (χ1n) is 6.43. The predicted octanol–water partition coefficient (Wildman–Crippen LogP) is 1.70. The molecule has 0 aliphatic heterocycles. The third-order valence-electron chi connectivity index (χ3n) is 2.80. The van der Waals surface area contributed by atoms with Crippen molar-refractivity contribution in [1.82, 2.24) is 5.32 Å². The average Bonchev–Trinajstić information content (AvgIpc) is 2.99. The summed E-state index contributed by atoms with van der Waals surface area (Å²) in [5, 5.41) is 15.0. The van der Waals surface area contributed by atoms with Crippen LogP contribution in [0, 0.1) is 0 Å². The summed E-state index contributed by atoms with van der Waals surface area (Å²) < 4.78 is 5.04. The highest BCUT2D eigenvalue weighted by Gasteiger charge is 2.12. The van der Waals surface area contributed by atoms with Crippen LogP contribution in [0.5, 0.6) is 0 Å². The minimum atomic E-state index is -0.886. The van der Waals surface area contributed by atoms with Crippen molar-refractivity contribution in [2.24, 2.45) is 0 Å². The second-order valence-corrected chi connectivity index (χ2v) is 4.50. The van der Waals surface area contributed by atoms with Crippen LogP contribution in [0.4, 0.5) is 5.69 Å². The summed E-state index contributed by atoms with van der Waals surface area (Å²) in [6.45, 7) is 1.47. The number of anilines is 1. The van der Waals surface area contributed by atoms with Gasteiger partial charge in [0.2, 0.25) is 5.91 Å². The van der Waals surface area contributed by atoms with Gasteiger partial charge in [-0.2, -0.15) is 0 Å². The van der Waals surface area contributed by atoms with Gasteiger partial charge in [0.15, 0.2) is 0 Å². The smallest absolute Gasteiger partial charge is 0.251 e. The van der Waals surface area contributed by atoms with E-state index in [4.69, 9.17) is 4.42 Å². The lowest BCUT2D eigenvalue weighted by Crippen LogP contribution is -2.28. The number of amides is 2. The maximum atomic E-state index is 11.9. The van der Waals surface area contributed by atoms with Gasteiger partial charge < -0.3 is 20.2 Å². The Morgan fingerprint density at radius 3 is 2.52 bits per heavy atom. The molecule has 2 amide bonds. The highest BCUT2D eigenvalue weighted by molar-refractivity contribution is 5.95. The van der Waals surface area contributed by atoms with Crippen molar-refractivity contribution in [2.45, 2.75) is 13.0 Å². The largest absolute Gasteiger partial charge is 0.467 e. The van der Waals surface area contributed by atoms with Gasteiger partial charge in [-0.15, -0.1) is 0 Å². The highest BCUT2D eigenvalue weighted by Crippen LogP contribution is 2.13. The number of benzene rings is 1. The molecule has 1 heterocycles. The van der Waals surface area contributed by atoms with Crippen LogP contribution < -0.4 is 10.6 Å². The van der Waals surface area contributed by atoms with Crippen LogP contribution in [0.1, 0.15) is 29.1 Å². The molecule has 3 N–H and O–H groups in total. The quantitative estimate of drug-likeness (QED) is 0.781. The molecule has 2 aromatic rings. The number of nitrogens with one attached hydrogen (secondary N) is 2. The van der Waals surface area contributed by atoms with Gasteiger partial charge >= 0.3 is 0 Å². The molecule has 0 saturated heterocycles. The number of hydrogen-bond donors (Lipinski definition) is 3. The van der Waals surface area contributed by atoms with Crippen molar-refractivity contribution in [3.63, 3.8) is 0 Å². The van der Waals surface area contributed by atoms with Gasteiger partial charge in [-0.05, 0) is 36.4 Å². The molecule has 21 heavy (non-hydrogen) atoms. The summed E-state index contributed by atoms with van der Waals surface area (Å²) in [6.07, 6.45) is 0.573. The molecule has 1 unspecified atom stereocenters. The third kappa shape index (κ3) is 4.19. The molecule has 0 aliphatic carbocycles. The van der Waals surface area contributed by atoms with E-state index >= 15 is 0 Å². The van der Waals surface area contributed by atoms with E-state index in [-0.39, 0.29) is 18.4 Å². The van der Waals surface area contributed by atoms with Crippen LogP contribution in [0.25, 0.3) is 0 Å². The summed E-state index contributed by atoms with van der Waals surface area (Å²) in [7, 11) is 0. The van der Waals surface area contributed by atoms with Crippen LogP contribution in [0.3, 0.4) is 0 Å². The molecule has 2 rings (SSSR count). The van der Waals surface area contributed by atoms with Gasteiger partial charge in [-0.3, -0.25) is 9.59 Å². The van der Waals surface area contributed by atoms with Crippen molar-refractivity contribution >= 4 is 17.5 Å². The van der Waals surface area contributed by atoms with Crippen molar-refractivity contribution in [3.05, 3.63) is 54.0 Å². The summed E-state index contributed by atoms with van der Waals surface area (Å²) in [4.78, 5) is 22.8. The normalized spacial score (nSPS) is 11.7. The fourth-order valence-electron chi connectivity index (χ4n) is 1.78. The van der Waals surface area contributed by atoms with Gasteiger partial charge in [0.05, 0.1) is 12.8 Å². The maximum absolute atomic E-state index is 11.9.